The van der Waals surface area contributed by atoms with Crippen LogP contribution in [-0.2, 0) is 0 Å². The van der Waals surface area contributed by atoms with Crippen LogP contribution in [-0.4, -0.2) is 13.2 Å². The lowest BCUT2D eigenvalue weighted by atomic mass is 10.1. The van der Waals surface area contributed by atoms with Crippen LogP contribution in [0.4, 0.5) is 0 Å². The SMILES string of the molecule is Cc1ccsc1C(Br)c1ccc2c(c1)OCCO2. The molecule has 0 saturated heterocycles. The first-order chi connectivity index (χ1) is 8.75. The number of halogens is 1. The van der Waals surface area contributed by atoms with Crippen LogP contribution in [0.1, 0.15) is 20.8 Å². The predicted molar refractivity (Wildman–Crippen MR) is 77.3 cm³/mol. The summed E-state index contributed by atoms with van der Waals surface area (Å²) in [7, 11) is 0. The Morgan fingerprint density at radius 1 is 1.17 bits per heavy atom. The van der Waals surface area contributed by atoms with Crippen LogP contribution >= 0.6 is 27.3 Å². The summed E-state index contributed by atoms with van der Waals surface area (Å²) in [6, 6.07) is 8.28. The fourth-order valence-electron chi connectivity index (χ4n) is 2.01. The van der Waals surface area contributed by atoms with Crippen molar-refractivity contribution in [3.05, 3.63) is 45.6 Å². The third-order valence-corrected chi connectivity index (χ3v) is 5.36. The van der Waals surface area contributed by atoms with Crippen molar-refractivity contribution in [1.29, 1.82) is 0 Å². The maximum Gasteiger partial charge on any atom is 0.161 e. The third kappa shape index (κ3) is 2.15. The Balaban J connectivity index is 1.95. The Morgan fingerprint density at radius 2 is 1.94 bits per heavy atom. The van der Waals surface area contributed by atoms with E-state index in [0.29, 0.717) is 13.2 Å². The highest BCUT2D eigenvalue weighted by Crippen LogP contribution is 2.40. The van der Waals surface area contributed by atoms with E-state index in [0.717, 1.165) is 11.5 Å². The van der Waals surface area contributed by atoms with E-state index in [4.69, 9.17) is 9.47 Å². The Morgan fingerprint density at radius 3 is 2.67 bits per heavy atom. The molecule has 4 heteroatoms. The van der Waals surface area contributed by atoms with E-state index in [1.165, 1.54) is 16.0 Å². The summed E-state index contributed by atoms with van der Waals surface area (Å²) in [5, 5.41) is 2.12. The van der Waals surface area contributed by atoms with Gasteiger partial charge in [0.1, 0.15) is 13.2 Å². The molecule has 1 atom stereocenters. The maximum absolute atomic E-state index is 5.62. The van der Waals surface area contributed by atoms with Crippen molar-refractivity contribution in [2.24, 2.45) is 0 Å². The van der Waals surface area contributed by atoms with Crippen molar-refractivity contribution in [3.63, 3.8) is 0 Å². The van der Waals surface area contributed by atoms with Crippen molar-refractivity contribution in [1.82, 2.24) is 0 Å². The van der Waals surface area contributed by atoms with Crippen LogP contribution in [0.25, 0.3) is 0 Å². The highest BCUT2D eigenvalue weighted by atomic mass is 79.9. The monoisotopic (exact) mass is 324 g/mol. The number of aryl methyl sites for hydroxylation is 1. The van der Waals surface area contributed by atoms with Gasteiger partial charge in [0.2, 0.25) is 0 Å². The van der Waals surface area contributed by atoms with Crippen molar-refractivity contribution >= 4 is 27.3 Å². The lowest BCUT2D eigenvalue weighted by molar-refractivity contribution is 0.171. The molecule has 1 aromatic carbocycles. The summed E-state index contributed by atoms with van der Waals surface area (Å²) in [5.74, 6) is 1.69. The molecule has 1 aromatic heterocycles. The van der Waals surface area contributed by atoms with E-state index < -0.39 is 0 Å². The largest absolute Gasteiger partial charge is 0.486 e. The number of rotatable bonds is 2. The molecule has 2 nitrogen and oxygen atoms in total. The maximum atomic E-state index is 5.62. The molecule has 0 radical (unpaired) electrons. The lowest BCUT2D eigenvalue weighted by Gasteiger charge is -2.20. The number of ether oxygens (including phenoxy) is 2. The number of hydrogen-bond donors (Lipinski definition) is 0. The average Bonchev–Trinajstić information content (AvgIpc) is 2.83. The first-order valence-electron chi connectivity index (χ1n) is 5.83. The molecule has 0 amide bonds. The minimum absolute atomic E-state index is 0.216. The van der Waals surface area contributed by atoms with Gasteiger partial charge >= 0.3 is 0 Å². The summed E-state index contributed by atoms with van der Waals surface area (Å²) in [4.78, 5) is 1.56. The second-order valence-electron chi connectivity index (χ2n) is 4.23. The van der Waals surface area contributed by atoms with E-state index in [1.54, 1.807) is 11.3 Å². The molecule has 1 aliphatic heterocycles. The van der Waals surface area contributed by atoms with Crippen molar-refractivity contribution in [3.8, 4) is 11.5 Å². The van der Waals surface area contributed by atoms with Crippen LogP contribution in [0.5, 0.6) is 11.5 Å². The normalized spacial score (nSPS) is 15.4. The molecule has 0 bridgehead atoms. The Kier molecular flexibility index (Phi) is 3.31. The van der Waals surface area contributed by atoms with Crippen LogP contribution < -0.4 is 9.47 Å². The number of benzene rings is 1. The van der Waals surface area contributed by atoms with Crippen molar-refractivity contribution in [2.45, 2.75) is 11.8 Å². The summed E-state index contributed by atoms with van der Waals surface area (Å²) >= 11 is 5.54. The average molecular weight is 325 g/mol. The summed E-state index contributed by atoms with van der Waals surface area (Å²) in [6.45, 7) is 3.40. The number of fused-ring (bicyclic) bond motifs is 1. The quantitative estimate of drug-likeness (QED) is 0.766. The molecular formula is C14H13BrO2S. The molecule has 0 saturated carbocycles. The third-order valence-electron chi connectivity index (χ3n) is 2.99. The summed E-state index contributed by atoms with van der Waals surface area (Å²) < 4.78 is 11.2. The summed E-state index contributed by atoms with van der Waals surface area (Å²) in [5.41, 5.74) is 2.52. The molecule has 2 heterocycles. The highest BCUT2D eigenvalue weighted by Gasteiger charge is 2.18. The number of hydrogen-bond acceptors (Lipinski definition) is 3. The fraction of sp³-hybridized carbons (Fsp3) is 0.286. The molecule has 0 aliphatic carbocycles. The van der Waals surface area contributed by atoms with Gasteiger partial charge in [-0.1, -0.05) is 22.0 Å². The van der Waals surface area contributed by atoms with Gasteiger partial charge in [0.15, 0.2) is 11.5 Å². The van der Waals surface area contributed by atoms with Gasteiger partial charge in [-0.3, -0.25) is 0 Å². The van der Waals surface area contributed by atoms with E-state index in [2.05, 4.69) is 46.4 Å². The first-order valence-corrected chi connectivity index (χ1v) is 7.63. The molecule has 1 unspecified atom stereocenters. The van der Waals surface area contributed by atoms with Crippen LogP contribution in [0.15, 0.2) is 29.6 Å². The molecule has 0 fully saturated rings. The van der Waals surface area contributed by atoms with Gasteiger partial charge in [-0.15, -0.1) is 11.3 Å². The molecule has 0 N–H and O–H groups in total. The van der Waals surface area contributed by atoms with Gasteiger partial charge in [-0.25, -0.2) is 0 Å². The molecule has 1 aliphatic rings. The van der Waals surface area contributed by atoms with Crippen molar-refractivity contribution < 1.29 is 9.47 Å². The first kappa shape index (κ1) is 12.1. The van der Waals surface area contributed by atoms with E-state index >= 15 is 0 Å². The lowest BCUT2D eigenvalue weighted by Crippen LogP contribution is -2.15. The minimum Gasteiger partial charge on any atom is -0.486 e. The van der Waals surface area contributed by atoms with Crippen LogP contribution in [0.3, 0.4) is 0 Å². The van der Waals surface area contributed by atoms with Gasteiger partial charge < -0.3 is 9.47 Å². The van der Waals surface area contributed by atoms with Gasteiger partial charge in [-0.2, -0.15) is 0 Å². The standard InChI is InChI=1S/C14H13BrO2S/c1-9-4-7-18-14(9)13(15)10-2-3-11-12(8-10)17-6-5-16-11/h2-4,7-8,13H,5-6H2,1H3. The molecule has 94 valence electrons. The van der Waals surface area contributed by atoms with Crippen LogP contribution in [0, 0.1) is 6.92 Å². The highest BCUT2D eigenvalue weighted by molar-refractivity contribution is 9.09. The zero-order valence-corrected chi connectivity index (χ0v) is 12.4. The zero-order valence-electron chi connectivity index (χ0n) is 9.98. The van der Waals surface area contributed by atoms with Crippen LogP contribution in [0.2, 0.25) is 0 Å². The van der Waals surface area contributed by atoms with E-state index in [9.17, 15) is 0 Å². The molecule has 3 rings (SSSR count). The second-order valence-corrected chi connectivity index (χ2v) is 6.10. The van der Waals surface area contributed by atoms with Gasteiger partial charge in [0.05, 0.1) is 4.83 Å². The molecule has 2 aromatic rings. The fourth-order valence-corrected chi connectivity index (χ4v) is 3.91. The topological polar surface area (TPSA) is 18.5 Å². The molecular weight excluding hydrogens is 312 g/mol. The van der Waals surface area contributed by atoms with E-state index in [-0.39, 0.29) is 4.83 Å². The Labute approximate surface area is 119 Å². The number of thiophene rings is 1. The second kappa shape index (κ2) is 4.94. The van der Waals surface area contributed by atoms with Gasteiger partial charge in [0.25, 0.3) is 0 Å². The molecule has 18 heavy (non-hydrogen) atoms. The van der Waals surface area contributed by atoms with E-state index in [1.807, 2.05) is 6.07 Å². The Bertz CT molecular complexity index is 565. The number of alkyl halides is 1. The Hall–Kier alpha value is -1.00. The van der Waals surface area contributed by atoms with Gasteiger partial charge in [-0.05, 0) is 41.6 Å². The zero-order chi connectivity index (χ0) is 12.5. The molecule has 0 spiro atoms. The summed E-state index contributed by atoms with van der Waals surface area (Å²) in [6.07, 6.45) is 0. The van der Waals surface area contributed by atoms with Gasteiger partial charge in [0, 0.05) is 4.88 Å². The van der Waals surface area contributed by atoms with Crippen molar-refractivity contribution in [2.75, 3.05) is 13.2 Å². The minimum atomic E-state index is 0.216. The smallest absolute Gasteiger partial charge is 0.161 e. The predicted octanol–water partition coefficient (Wildman–Crippen LogP) is 4.31.